The SMILES string of the molecule is CC(c1ccccc1)(c1ccc(O)c(C(F)(F)F)c1)c1ccc(O)c(C(F)(F)F)c1. The molecule has 3 aromatic rings. The predicted octanol–water partition coefficient (Wildman–Crippen LogP) is 6.49. The number of aromatic hydroxyl groups is 2. The van der Waals surface area contributed by atoms with Gasteiger partial charge in [0.25, 0.3) is 0 Å². The molecule has 0 aliphatic rings. The number of phenolic OH excluding ortho intramolecular Hbond substituents is 2. The second-order valence-electron chi connectivity index (χ2n) is 6.95. The first kappa shape index (κ1) is 21.5. The number of alkyl halides is 6. The number of hydrogen-bond acceptors (Lipinski definition) is 2. The highest BCUT2D eigenvalue weighted by Crippen LogP contribution is 2.45. The summed E-state index contributed by atoms with van der Waals surface area (Å²) in [7, 11) is 0. The summed E-state index contributed by atoms with van der Waals surface area (Å²) in [4.78, 5) is 0. The third kappa shape index (κ3) is 3.81. The molecule has 0 aliphatic heterocycles. The van der Waals surface area contributed by atoms with E-state index in [2.05, 4.69) is 0 Å². The van der Waals surface area contributed by atoms with Crippen LogP contribution >= 0.6 is 0 Å². The van der Waals surface area contributed by atoms with Crippen LogP contribution < -0.4 is 0 Å². The van der Waals surface area contributed by atoms with Gasteiger partial charge in [-0.15, -0.1) is 0 Å². The van der Waals surface area contributed by atoms with Gasteiger partial charge in [0.1, 0.15) is 11.5 Å². The van der Waals surface area contributed by atoms with E-state index < -0.39 is 40.4 Å². The zero-order chi connectivity index (χ0) is 22.3. The topological polar surface area (TPSA) is 40.5 Å². The molecule has 0 fully saturated rings. The fraction of sp³-hybridized carbons (Fsp3) is 0.182. The zero-order valence-corrected chi connectivity index (χ0v) is 15.5. The normalized spacial score (nSPS) is 12.8. The highest BCUT2D eigenvalue weighted by atomic mass is 19.4. The predicted molar refractivity (Wildman–Crippen MR) is 98.2 cm³/mol. The van der Waals surface area contributed by atoms with Crippen molar-refractivity contribution < 1.29 is 36.6 Å². The standard InChI is InChI=1S/C22H16F6O2/c1-20(13-5-3-2-4-6-13,14-7-9-18(29)16(11-14)21(23,24)25)15-8-10-19(30)17(12-15)22(26,27)28/h2-12,29-30H,1H3. The Morgan fingerprint density at radius 2 is 0.967 bits per heavy atom. The summed E-state index contributed by atoms with van der Waals surface area (Å²) in [6, 6.07) is 13.7. The van der Waals surface area contributed by atoms with E-state index in [1.807, 2.05) is 0 Å². The molecule has 3 rings (SSSR count). The lowest BCUT2D eigenvalue weighted by Gasteiger charge is -2.33. The van der Waals surface area contributed by atoms with Crippen LogP contribution in [0.1, 0.15) is 34.7 Å². The van der Waals surface area contributed by atoms with E-state index in [1.54, 1.807) is 30.3 Å². The van der Waals surface area contributed by atoms with Crippen LogP contribution in [0.5, 0.6) is 11.5 Å². The van der Waals surface area contributed by atoms with Gasteiger partial charge in [-0.3, -0.25) is 0 Å². The van der Waals surface area contributed by atoms with Crippen molar-refractivity contribution in [3.63, 3.8) is 0 Å². The quantitative estimate of drug-likeness (QED) is 0.371. The van der Waals surface area contributed by atoms with Gasteiger partial charge in [-0.05, 0) is 47.9 Å². The van der Waals surface area contributed by atoms with Gasteiger partial charge in [-0.1, -0.05) is 42.5 Å². The zero-order valence-electron chi connectivity index (χ0n) is 15.5. The van der Waals surface area contributed by atoms with E-state index in [0.29, 0.717) is 5.56 Å². The number of hydrogen-bond donors (Lipinski definition) is 2. The lowest BCUT2D eigenvalue weighted by molar-refractivity contribution is -0.139. The molecule has 8 heteroatoms. The summed E-state index contributed by atoms with van der Waals surface area (Å²) in [5.41, 5.74) is -3.55. The molecule has 0 saturated carbocycles. The van der Waals surface area contributed by atoms with Gasteiger partial charge in [0.05, 0.1) is 11.1 Å². The molecule has 0 atom stereocenters. The van der Waals surface area contributed by atoms with E-state index in [9.17, 15) is 36.6 Å². The molecular weight excluding hydrogens is 410 g/mol. The number of rotatable bonds is 3. The van der Waals surface area contributed by atoms with Crippen molar-refractivity contribution in [2.45, 2.75) is 24.7 Å². The molecule has 0 bridgehead atoms. The minimum absolute atomic E-state index is 0.0256. The third-order valence-electron chi connectivity index (χ3n) is 5.11. The Bertz CT molecular complexity index is 992. The maximum atomic E-state index is 13.4. The third-order valence-corrected chi connectivity index (χ3v) is 5.11. The van der Waals surface area contributed by atoms with Crippen molar-refractivity contribution in [3.05, 3.63) is 94.5 Å². The van der Waals surface area contributed by atoms with Gasteiger partial charge in [-0.2, -0.15) is 26.3 Å². The van der Waals surface area contributed by atoms with E-state index in [0.717, 1.165) is 24.3 Å². The molecule has 0 radical (unpaired) electrons. The molecule has 158 valence electrons. The van der Waals surface area contributed by atoms with Crippen LogP contribution in [0, 0.1) is 0 Å². The average Bonchev–Trinajstić information content (AvgIpc) is 2.67. The van der Waals surface area contributed by atoms with Crippen molar-refractivity contribution in [3.8, 4) is 11.5 Å². The van der Waals surface area contributed by atoms with E-state index in [4.69, 9.17) is 0 Å². The molecule has 0 aromatic heterocycles. The van der Waals surface area contributed by atoms with Crippen LogP contribution in [0.2, 0.25) is 0 Å². The largest absolute Gasteiger partial charge is 0.507 e. The Labute approximate surface area is 168 Å². The molecule has 0 unspecified atom stereocenters. The van der Waals surface area contributed by atoms with E-state index in [1.165, 1.54) is 19.1 Å². The first-order chi connectivity index (χ1) is 13.8. The molecule has 0 heterocycles. The second kappa shape index (κ2) is 7.27. The lowest BCUT2D eigenvalue weighted by Crippen LogP contribution is -2.26. The highest BCUT2D eigenvalue weighted by molar-refractivity contribution is 5.54. The first-order valence-electron chi connectivity index (χ1n) is 8.72. The molecule has 2 N–H and O–H groups in total. The Balaban J connectivity index is 2.34. The van der Waals surface area contributed by atoms with E-state index in [-0.39, 0.29) is 11.1 Å². The molecule has 0 spiro atoms. The van der Waals surface area contributed by atoms with E-state index >= 15 is 0 Å². The second-order valence-corrected chi connectivity index (χ2v) is 6.95. The number of benzene rings is 3. The van der Waals surface area contributed by atoms with Gasteiger partial charge in [0.2, 0.25) is 0 Å². The summed E-state index contributed by atoms with van der Waals surface area (Å²) in [5, 5.41) is 19.3. The summed E-state index contributed by atoms with van der Waals surface area (Å²) in [6.45, 7) is 1.49. The Kier molecular flexibility index (Phi) is 5.22. The molecular formula is C22H16F6O2. The number of halogens is 6. The Hall–Kier alpha value is -3.16. The molecule has 30 heavy (non-hydrogen) atoms. The summed E-state index contributed by atoms with van der Waals surface area (Å²) in [6.07, 6.45) is -9.71. The van der Waals surface area contributed by atoms with Gasteiger partial charge in [0, 0.05) is 5.41 Å². The summed E-state index contributed by atoms with van der Waals surface area (Å²) in [5.74, 6) is -1.97. The maximum absolute atomic E-state index is 13.4. The van der Waals surface area contributed by atoms with Crippen LogP contribution in [0.3, 0.4) is 0 Å². The van der Waals surface area contributed by atoms with Crippen LogP contribution in [-0.4, -0.2) is 10.2 Å². The first-order valence-corrected chi connectivity index (χ1v) is 8.72. The molecule has 0 amide bonds. The summed E-state index contributed by atoms with van der Waals surface area (Å²) < 4.78 is 80.1. The minimum atomic E-state index is -4.86. The van der Waals surface area contributed by atoms with Gasteiger partial charge in [-0.25, -0.2) is 0 Å². The smallest absolute Gasteiger partial charge is 0.419 e. The lowest BCUT2D eigenvalue weighted by atomic mass is 9.70. The van der Waals surface area contributed by atoms with Crippen molar-refractivity contribution in [1.29, 1.82) is 0 Å². The molecule has 0 aliphatic carbocycles. The van der Waals surface area contributed by atoms with Crippen LogP contribution in [0.15, 0.2) is 66.7 Å². The van der Waals surface area contributed by atoms with Crippen molar-refractivity contribution in [1.82, 2.24) is 0 Å². The van der Waals surface area contributed by atoms with Crippen molar-refractivity contribution in [2.75, 3.05) is 0 Å². The van der Waals surface area contributed by atoms with Gasteiger partial charge >= 0.3 is 12.4 Å². The van der Waals surface area contributed by atoms with Crippen molar-refractivity contribution >= 4 is 0 Å². The van der Waals surface area contributed by atoms with Crippen LogP contribution in [0.4, 0.5) is 26.3 Å². The maximum Gasteiger partial charge on any atom is 0.419 e. The Morgan fingerprint density at radius 1 is 0.567 bits per heavy atom. The summed E-state index contributed by atoms with van der Waals surface area (Å²) >= 11 is 0. The fourth-order valence-electron chi connectivity index (χ4n) is 3.42. The molecule has 2 nitrogen and oxygen atoms in total. The molecule has 3 aromatic carbocycles. The highest BCUT2D eigenvalue weighted by Gasteiger charge is 2.40. The molecule has 0 saturated heterocycles. The van der Waals surface area contributed by atoms with Crippen LogP contribution in [0.25, 0.3) is 0 Å². The number of phenols is 2. The average molecular weight is 426 g/mol. The minimum Gasteiger partial charge on any atom is -0.507 e. The monoisotopic (exact) mass is 426 g/mol. The fourth-order valence-corrected chi connectivity index (χ4v) is 3.42. The van der Waals surface area contributed by atoms with Gasteiger partial charge in [0.15, 0.2) is 0 Å². The van der Waals surface area contributed by atoms with Crippen molar-refractivity contribution in [2.24, 2.45) is 0 Å². The Morgan fingerprint density at radius 3 is 1.33 bits per heavy atom. The van der Waals surface area contributed by atoms with Gasteiger partial charge < -0.3 is 10.2 Å². The van der Waals surface area contributed by atoms with Crippen LogP contribution in [-0.2, 0) is 17.8 Å².